The first-order valence-corrected chi connectivity index (χ1v) is 10.2. The molecule has 2 rings (SSSR count). The highest BCUT2D eigenvalue weighted by atomic mass is 127. The van der Waals surface area contributed by atoms with E-state index in [1.54, 1.807) is 0 Å². The standard InChI is InChI=1S/C19H35N5S.HI/c1-19(2,15-23(4)5)14-22-18(20-3)21-13-16(17-9-8-12-25-17)24-10-6-7-11-24;/h8-9,12,16H,6-7,10-11,13-15H2,1-5H3,(H2,20,21,22);1H. The first-order chi connectivity index (χ1) is 11.9. The summed E-state index contributed by atoms with van der Waals surface area (Å²) in [6.45, 7) is 9.81. The molecule has 5 nitrogen and oxygen atoms in total. The maximum atomic E-state index is 4.42. The van der Waals surface area contributed by atoms with Gasteiger partial charge in [-0.25, -0.2) is 0 Å². The van der Waals surface area contributed by atoms with Crippen LogP contribution in [0.15, 0.2) is 22.5 Å². The highest BCUT2D eigenvalue weighted by Gasteiger charge is 2.25. The Morgan fingerprint density at radius 1 is 1.31 bits per heavy atom. The zero-order chi connectivity index (χ0) is 18.3. The monoisotopic (exact) mass is 493 g/mol. The number of thiophene rings is 1. The van der Waals surface area contributed by atoms with Crippen molar-refractivity contribution in [2.45, 2.75) is 32.7 Å². The lowest BCUT2D eigenvalue weighted by molar-refractivity contribution is 0.238. The minimum absolute atomic E-state index is 0. The van der Waals surface area contributed by atoms with Crippen LogP contribution in [0.25, 0.3) is 0 Å². The van der Waals surface area contributed by atoms with Crippen LogP contribution >= 0.6 is 35.3 Å². The lowest BCUT2D eigenvalue weighted by Crippen LogP contribution is -2.46. The van der Waals surface area contributed by atoms with Crippen molar-refractivity contribution < 1.29 is 0 Å². The fourth-order valence-electron chi connectivity index (χ4n) is 3.59. The van der Waals surface area contributed by atoms with Gasteiger partial charge >= 0.3 is 0 Å². The quantitative estimate of drug-likeness (QED) is 0.332. The van der Waals surface area contributed by atoms with Gasteiger partial charge in [0.05, 0.1) is 6.04 Å². The van der Waals surface area contributed by atoms with Gasteiger partial charge in [-0.3, -0.25) is 9.89 Å². The zero-order valence-corrected chi connectivity index (χ0v) is 20.1. The van der Waals surface area contributed by atoms with Gasteiger partial charge in [0.1, 0.15) is 0 Å². The minimum atomic E-state index is 0. The van der Waals surface area contributed by atoms with E-state index in [0.717, 1.165) is 25.6 Å². The van der Waals surface area contributed by atoms with Gasteiger partial charge in [0.25, 0.3) is 0 Å². The number of guanidine groups is 1. The van der Waals surface area contributed by atoms with Gasteiger partial charge < -0.3 is 15.5 Å². The van der Waals surface area contributed by atoms with Crippen LogP contribution in [-0.2, 0) is 0 Å². The number of nitrogens with one attached hydrogen (secondary N) is 2. The number of hydrogen-bond acceptors (Lipinski definition) is 4. The molecule has 0 amide bonds. The molecule has 2 N–H and O–H groups in total. The Bertz CT molecular complexity index is 524. The molecule has 26 heavy (non-hydrogen) atoms. The van der Waals surface area contributed by atoms with Gasteiger partial charge in [-0.15, -0.1) is 35.3 Å². The molecule has 1 aromatic rings. The third-order valence-corrected chi connectivity index (χ3v) is 5.59. The summed E-state index contributed by atoms with van der Waals surface area (Å²) in [5.74, 6) is 0.896. The molecule has 1 atom stereocenters. The molecular weight excluding hydrogens is 457 g/mol. The van der Waals surface area contributed by atoms with Gasteiger partial charge in [-0.05, 0) is 56.9 Å². The van der Waals surface area contributed by atoms with Gasteiger partial charge in [0.15, 0.2) is 5.96 Å². The molecule has 2 heterocycles. The van der Waals surface area contributed by atoms with Gasteiger partial charge in [0, 0.05) is 31.6 Å². The number of rotatable bonds is 8. The predicted molar refractivity (Wildman–Crippen MR) is 125 cm³/mol. The van der Waals surface area contributed by atoms with Crippen molar-refractivity contribution >= 4 is 41.3 Å². The van der Waals surface area contributed by atoms with E-state index >= 15 is 0 Å². The van der Waals surface area contributed by atoms with Gasteiger partial charge in [-0.2, -0.15) is 0 Å². The van der Waals surface area contributed by atoms with E-state index in [9.17, 15) is 0 Å². The molecule has 1 aliphatic rings. The van der Waals surface area contributed by atoms with Crippen molar-refractivity contribution in [3.63, 3.8) is 0 Å². The largest absolute Gasteiger partial charge is 0.356 e. The van der Waals surface area contributed by atoms with Crippen LogP contribution in [0, 0.1) is 5.41 Å². The molecule has 150 valence electrons. The maximum absolute atomic E-state index is 4.42. The average Bonchev–Trinajstić information content (AvgIpc) is 3.23. The van der Waals surface area contributed by atoms with Crippen molar-refractivity contribution in [2.75, 3.05) is 53.9 Å². The Balaban J connectivity index is 0.00000338. The fraction of sp³-hybridized carbons (Fsp3) is 0.737. The van der Waals surface area contributed by atoms with Crippen molar-refractivity contribution in [1.29, 1.82) is 0 Å². The Morgan fingerprint density at radius 2 is 2.00 bits per heavy atom. The highest BCUT2D eigenvalue weighted by molar-refractivity contribution is 14.0. The summed E-state index contributed by atoms with van der Waals surface area (Å²) >= 11 is 1.85. The maximum Gasteiger partial charge on any atom is 0.191 e. The summed E-state index contributed by atoms with van der Waals surface area (Å²) in [5, 5.41) is 9.23. The molecule has 0 saturated carbocycles. The van der Waals surface area contributed by atoms with Crippen LogP contribution in [0.1, 0.15) is 37.6 Å². The van der Waals surface area contributed by atoms with E-state index < -0.39 is 0 Å². The van der Waals surface area contributed by atoms with Crippen molar-refractivity contribution in [2.24, 2.45) is 10.4 Å². The SMILES string of the molecule is CN=C(NCC(c1cccs1)N1CCCC1)NCC(C)(C)CN(C)C.I. The molecule has 0 spiro atoms. The molecule has 1 aromatic heterocycles. The van der Waals surface area contributed by atoms with E-state index in [4.69, 9.17) is 0 Å². The second kappa shape index (κ2) is 11.5. The Morgan fingerprint density at radius 3 is 2.54 bits per heavy atom. The lowest BCUT2D eigenvalue weighted by Gasteiger charge is -2.30. The Labute approximate surface area is 180 Å². The summed E-state index contributed by atoms with van der Waals surface area (Å²) in [4.78, 5) is 10.7. The molecule has 0 aliphatic carbocycles. The van der Waals surface area contributed by atoms with E-state index in [0.29, 0.717) is 6.04 Å². The first-order valence-electron chi connectivity index (χ1n) is 9.28. The molecule has 1 unspecified atom stereocenters. The highest BCUT2D eigenvalue weighted by Crippen LogP contribution is 2.27. The number of likely N-dealkylation sites (tertiary alicyclic amines) is 1. The molecular formula is C19H36IN5S. The minimum Gasteiger partial charge on any atom is -0.356 e. The predicted octanol–water partition coefficient (Wildman–Crippen LogP) is 3.26. The summed E-state index contributed by atoms with van der Waals surface area (Å²) in [5.41, 5.74) is 0.198. The number of aliphatic imine (C=N–C) groups is 1. The van der Waals surface area contributed by atoms with Gasteiger partial charge in [0.2, 0.25) is 0 Å². The first kappa shape index (κ1) is 23.7. The smallest absolute Gasteiger partial charge is 0.191 e. The fourth-order valence-corrected chi connectivity index (χ4v) is 4.45. The topological polar surface area (TPSA) is 42.9 Å². The average molecular weight is 494 g/mol. The van der Waals surface area contributed by atoms with E-state index in [-0.39, 0.29) is 29.4 Å². The van der Waals surface area contributed by atoms with Crippen LogP contribution in [0.3, 0.4) is 0 Å². The Hall–Kier alpha value is -0.380. The molecule has 7 heteroatoms. The molecule has 0 aromatic carbocycles. The second-order valence-electron chi connectivity index (χ2n) is 7.98. The normalized spacial score (nSPS) is 17.2. The number of hydrogen-bond donors (Lipinski definition) is 2. The number of nitrogens with zero attached hydrogens (tertiary/aromatic N) is 3. The molecule has 0 bridgehead atoms. The van der Waals surface area contributed by atoms with Crippen LogP contribution in [-0.4, -0.2) is 69.6 Å². The second-order valence-corrected chi connectivity index (χ2v) is 8.96. The van der Waals surface area contributed by atoms with Crippen molar-refractivity contribution in [1.82, 2.24) is 20.4 Å². The summed E-state index contributed by atoms with van der Waals surface area (Å²) in [7, 11) is 6.09. The number of halogens is 1. The summed E-state index contributed by atoms with van der Waals surface area (Å²) in [6.07, 6.45) is 2.63. The molecule has 0 radical (unpaired) electrons. The van der Waals surface area contributed by atoms with E-state index in [2.05, 4.69) is 70.9 Å². The Kier molecular flexibility index (Phi) is 10.4. The third kappa shape index (κ3) is 7.70. The van der Waals surface area contributed by atoms with Gasteiger partial charge in [-0.1, -0.05) is 19.9 Å². The van der Waals surface area contributed by atoms with E-state index in [1.807, 2.05) is 18.4 Å². The van der Waals surface area contributed by atoms with E-state index in [1.165, 1.54) is 30.8 Å². The molecule has 1 fully saturated rings. The third-order valence-electron chi connectivity index (χ3n) is 4.62. The summed E-state index contributed by atoms with van der Waals surface area (Å²) in [6, 6.07) is 4.85. The molecule has 1 saturated heterocycles. The lowest BCUT2D eigenvalue weighted by atomic mass is 9.93. The van der Waals surface area contributed by atoms with Crippen LogP contribution in [0.4, 0.5) is 0 Å². The zero-order valence-electron chi connectivity index (χ0n) is 16.9. The van der Waals surface area contributed by atoms with Crippen molar-refractivity contribution in [3.8, 4) is 0 Å². The summed E-state index contributed by atoms with van der Waals surface area (Å²) < 4.78 is 0. The van der Waals surface area contributed by atoms with Crippen LogP contribution in [0.5, 0.6) is 0 Å². The van der Waals surface area contributed by atoms with Crippen molar-refractivity contribution in [3.05, 3.63) is 22.4 Å². The van der Waals surface area contributed by atoms with Crippen LogP contribution < -0.4 is 10.6 Å². The molecule has 1 aliphatic heterocycles. The van der Waals surface area contributed by atoms with Crippen LogP contribution in [0.2, 0.25) is 0 Å².